The maximum Gasteiger partial charge on any atom is 0.272 e. The molecule has 1 fully saturated rings. The number of nitrogens with one attached hydrogen (secondary N) is 1. The van der Waals surface area contributed by atoms with Gasteiger partial charge in [0, 0.05) is 47.9 Å². The number of hydrogen-bond acceptors (Lipinski definition) is 6. The zero-order chi connectivity index (χ0) is 20.7. The van der Waals surface area contributed by atoms with E-state index in [0.29, 0.717) is 24.5 Å². The molecule has 5 rings (SSSR count). The summed E-state index contributed by atoms with van der Waals surface area (Å²) in [5.41, 5.74) is 3.13. The molecule has 1 aliphatic carbocycles. The summed E-state index contributed by atoms with van der Waals surface area (Å²) >= 11 is 0. The SMILES string of the molecule is O=C(CN1CCCC2=C1C(=O)N(C1CC1)C2O)Nc1ccc(-c2cccnc2)cn1. The minimum absolute atomic E-state index is 0.0574. The van der Waals surface area contributed by atoms with E-state index in [1.807, 2.05) is 18.2 Å². The van der Waals surface area contributed by atoms with Crippen LogP contribution in [-0.4, -0.2) is 62.0 Å². The quantitative estimate of drug-likeness (QED) is 0.787. The fraction of sp³-hybridized carbons (Fsp3) is 0.364. The minimum Gasteiger partial charge on any atom is -0.369 e. The monoisotopic (exact) mass is 405 g/mol. The van der Waals surface area contributed by atoms with Gasteiger partial charge in [0.05, 0.1) is 6.54 Å². The van der Waals surface area contributed by atoms with Crippen LogP contribution in [0.4, 0.5) is 5.82 Å². The third-order valence-electron chi connectivity index (χ3n) is 5.81. The Morgan fingerprint density at radius 1 is 1.20 bits per heavy atom. The molecule has 30 heavy (non-hydrogen) atoms. The predicted octanol–water partition coefficient (Wildman–Crippen LogP) is 1.75. The highest BCUT2D eigenvalue weighted by Gasteiger charge is 2.48. The summed E-state index contributed by atoms with van der Waals surface area (Å²) in [4.78, 5) is 37.3. The summed E-state index contributed by atoms with van der Waals surface area (Å²) in [7, 11) is 0. The zero-order valence-electron chi connectivity index (χ0n) is 16.5. The normalized spacial score (nSPS) is 21.1. The second kappa shape index (κ2) is 7.53. The Bertz CT molecular complexity index is 1000. The topological polar surface area (TPSA) is 98.7 Å². The fourth-order valence-electron chi connectivity index (χ4n) is 4.22. The molecule has 0 spiro atoms. The van der Waals surface area contributed by atoms with Gasteiger partial charge in [0.15, 0.2) is 6.23 Å². The van der Waals surface area contributed by atoms with Gasteiger partial charge < -0.3 is 20.2 Å². The lowest BCUT2D eigenvalue weighted by Crippen LogP contribution is -2.40. The molecule has 0 aromatic carbocycles. The van der Waals surface area contributed by atoms with Crippen molar-refractivity contribution in [3.05, 3.63) is 54.1 Å². The summed E-state index contributed by atoms with van der Waals surface area (Å²) in [5.74, 6) is 0.0697. The fourth-order valence-corrected chi connectivity index (χ4v) is 4.22. The molecular formula is C22H23N5O3. The van der Waals surface area contributed by atoms with Crippen molar-refractivity contribution >= 4 is 17.6 Å². The third kappa shape index (κ3) is 3.43. The predicted molar refractivity (Wildman–Crippen MR) is 110 cm³/mol. The van der Waals surface area contributed by atoms with Crippen LogP contribution in [0.3, 0.4) is 0 Å². The van der Waals surface area contributed by atoms with Gasteiger partial charge in [0.25, 0.3) is 5.91 Å². The molecule has 4 heterocycles. The highest BCUT2D eigenvalue weighted by atomic mass is 16.3. The van der Waals surface area contributed by atoms with E-state index in [1.54, 1.807) is 34.5 Å². The second-order valence-corrected chi connectivity index (χ2v) is 7.94. The first-order chi connectivity index (χ1) is 14.6. The van der Waals surface area contributed by atoms with Crippen LogP contribution < -0.4 is 5.32 Å². The minimum atomic E-state index is -0.840. The summed E-state index contributed by atoms with van der Waals surface area (Å²) in [6.45, 7) is 0.679. The standard InChI is InChI=1S/C22H23N5O3/c28-19(25-18-8-5-15(12-24-18)14-3-1-9-23-11-14)13-26-10-2-4-17-20(26)22(30)27(21(17)29)16-6-7-16/h1,3,5,8-9,11-12,16,21,29H,2,4,6-7,10,13H2,(H,24,25,28). The molecule has 1 saturated carbocycles. The molecule has 0 bridgehead atoms. The van der Waals surface area contributed by atoms with Crippen LogP contribution >= 0.6 is 0 Å². The number of amides is 2. The highest BCUT2D eigenvalue weighted by Crippen LogP contribution is 2.40. The molecule has 2 amide bonds. The summed E-state index contributed by atoms with van der Waals surface area (Å²) in [6, 6.07) is 7.57. The number of carbonyl (C=O) groups is 2. The Hall–Kier alpha value is -3.26. The van der Waals surface area contributed by atoms with E-state index < -0.39 is 6.23 Å². The lowest BCUT2D eigenvalue weighted by Gasteiger charge is -2.28. The molecule has 0 radical (unpaired) electrons. The Morgan fingerprint density at radius 2 is 2.03 bits per heavy atom. The molecule has 0 saturated heterocycles. The maximum atomic E-state index is 12.9. The number of carbonyl (C=O) groups excluding carboxylic acids is 2. The van der Waals surface area contributed by atoms with Gasteiger partial charge in [-0.15, -0.1) is 0 Å². The van der Waals surface area contributed by atoms with Gasteiger partial charge in [0.2, 0.25) is 5.91 Å². The van der Waals surface area contributed by atoms with Gasteiger partial charge in [-0.05, 0) is 43.9 Å². The van der Waals surface area contributed by atoms with Crippen LogP contribution in [-0.2, 0) is 9.59 Å². The molecule has 2 aliphatic heterocycles. The number of aromatic nitrogens is 2. The second-order valence-electron chi connectivity index (χ2n) is 7.94. The van der Waals surface area contributed by atoms with Gasteiger partial charge >= 0.3 is 0 Å². The molecule has 2 N–H and O–H groups in total. The van der Waals surface area contributed by atoms with Crippen LogP contribution in [0.15, 0.2) is 54.1 Å². The van der Waals surface area contributed by atoms with E-state index >= 15 is 0 Å². The molecule has 8 nitrogen and oxygen atoms in total. The Morgan fingerprint density at radius 3 is 2.73 bits per heavy atom. The first-order valence-corrected chi connectivity index (χ1v) is 10.3. The van der Waals surface area contributed by atoms with E-state index in [-0.39, 0.29) is 24.4 Å². The Balaban J connectivity index is 1.26. The van der Waals surface area contributed by atoms with E-state index in [0.717, 1.165) is 36.0 Å². The van der Waals surface area contributed by atoms with Gasteiger partial charge in [-0.3, -0.25) is 14.6 Å². The summed E-state index contributed by atoms with van der Waals surface area (Å²) < 4.78 is 0. The lowest BCUT2D eigenvalue weighted by atomic mass is 10.0. The van der Waals surface area contributed by atoms with Crippen LogP contribution in [0.25, 0.3) is 11.1 Å². The van der Waals surface area contributed by atoms with E-state index in [1.165, 1.54) is 0 Å². The average molecular weight is 405 g/mol. The number of pyridine rings is 2. The van der Waals surface area contributed by atoms with Gasteiger partial charge in [-0.25, -0.2) is 4.98 Å². The maximum absolute atomic E-state index is 12.9. The van der Waals surface area contributed by atoms with Crippen molar-refractivity contribution in [2.75, 3.05) is 18.4 Å². The van der Waals surface area contributed by atoms with E-state index in [9.17, 15) is 14.7 Å². The van der Waals surface area contributed by atoms with Crippen LogP contribution in [0, 0.1) is 0 Å². The average Bonchev–Trinajstić information content (AvgIpc) is 3.56. The number of aliphatic hydroxyl groups is 1. The first kappa shape index (κ1) is 18.7. The largest absolute Gasteiger partial charge is 0.369 e. The lowest BCUT2D eigenvalue weighted by molar-refractivity contribution is -0.133. The molecule has 1 atom stereocenters. The van der Waals surface area contributed by atoms with Gasteiger partial charge in [-0.2, -0.15) is 0 Å². The van der Waals surface area contributed by atoms with Gasteiger partial charge in [-0.1, -0.05) is 6.07 Å². The van der Waals surface area contributed by atoms with Crippen molar-refractivity contribution in [3.8, 4) is 11.1 Å². The number of rotatable bonds is 5. The van der Waals surface area contributed by atoms with Crippen molar-refractivity contribution in [1.82, 2.24) is 19.8 Å². The van der Waals surface area contributed by atoms with E-state index in [4.69, 9.17) is 0 Å². The number of aliphatic hydroxyl groups excluding tert-OH is 1. The molecule has 1 unspecified atom stereocenters. The number of nitrogens with zero attached hydrogens (tertiary/aromatic N) is 4. The first-order valence-electron chi connectivity index (χ1n) is 10.3. The van der Waals surface area contributed by atoms with Crippen molar-refractivity contribution in [3.63, 3.8) is 0 Å². The molecule has 154 valence electrons. The summed E-state index contributed by atoms with van der Waals surface area (Å²) in [6.07, 6.45) is 7.70. The van der Waals surface area contributed by atoms with Crippen molar-refractivity contribution in [2.24, 2.45) is 0 Å². The Labute approximate surface area is 174 Å². The van der Waals surface area contributed by atoms with Crippen LogP contribution in [0.1, 0.15) is 25.7 Å². The van der Waals surface area contributed by atoms with Crippen LogP contribution in [0.5, 0.6) is 0 Å². The highest BCUT2D eigenvalue weighted by molar-refractivity contribution is 5.99. The number of anilines is 1. The van der Waals surface area contributed by atoms with Crippen molar-refractivity contribution < 1.29 is 14.7 Å². The molecule has 2 aromatic heterocycles. The van der Waals surface area contributed by atoms with Crippen molar-refractivity contribution in [2.45, 2.75) is 38.0 Å². The van der Waals surface area contributed by atoms with Crippen molar-refractivity contribution in [1.29, 1.82) is 0 Å². The molecule has 8 heteroatoms. The summed E-state index contributed by atoms with van der Waals surface area (Å²) in [5, 5.41) is 13.4. The van der Waals surface area contributed by atoms with Crippen LogP contribution in [0.2, 0.25) is 0 Å². The molecule has 2 aromatic rings. The third-order valence-corrected chi connectivity index (χ3v) is 5.81. The number of hydrogen-bond donors (Lipinski definition) is 2. The molecule has 3 aliphatic rings. The zero-order valence-corrected chi connectivity index (χ0v) is 16.5. The Kier molecular flexibility index (Phi) is 4.71. The van der Waals surface area contributed by atoms with E-state index in [2.05, 4.69) is 15.3 Å². The smallest absolute Gasteiger partial charge is 0.272 e. The van der Waals surface area contributed by atoms with Gasteiger partial charge in [0.1, 0.15) is 11.5 Å². The molecular weight excluding hydrogens is 382 g/mol.